The molecule has 31 heavy (non-hydrogen) atoms. The highest BCUT2D eigenvalue weighted by Crippen LogP contribution is 2.20. The molecule has 0 amide bonds. The second-order valence-electron chi connectivity index (χ2n) is 8.61. The van der Waals surface area contributed by atoms with Crippen LogP contribution in [-0.4, -0.2) is 88.9 Å². The van der Waals surface area contributed by atoms with E-state index in [1.165, 1.54) is 5.69 Å². The first-order chi connectivity index (χ1) is 15.0. The van der Waals surface area contributed by atoms with Gasteiger partial charge in [0.2, 0.25) is 0 Å². The highest BCUT2D eigenvalue weighted by atomic mass is 16.5. The van der Waals surface area contributed by atoms with Crippen LogP contribution in [0, 0.1) is 25.2 Å². The maximum atomic E-state index is 10.4. The molecule has 0 saturated carbocycles. The lowest BCUT2D eigenvalue weighted by molar-refractivity contribution is -0.143. The molecule has 2 bridgehead atoms. The highest BCUT2D eigenvalue weighted by Gasteiger charge is 2.35. The molecular weight excluding hydrogens is 394 g/mol. The predicted molar refractivity (Wildman–Crippen MR) is 116 cm³/mol. The first-order valence-corrected chi connectivity index (χ1v) is 10.9. The minimum absolute atomic E-state index is 0.166. The molecule has 0 radical (unpaired) electrons. The second-order valence-corrected chi connectivity index (χ2v) is 8.61. The Morgan fingerprint density at radius 3 is 2.42 bits per heavy atom. The van der Waals surface area contributed by atoms with Crippen molar-refractivity contribution in [3.63, 3.8) is 0 Å². The van der Waals surface area contributed by atoms with Gasteiger partial charge in [0.25, 0.3) is 0 Å². The van der Waals surface area contributed by atoms with Crippen LogP contribution in [0.25, 0.3) is 0 Å². The third kappa shape index (κ3) is 5.83. The SMILES string of the molecule is Cc1cc(C)n(CCN2CC3CN(CC(O)COc4ccc(C#N)cc4)CC(C2)O3)n1. The molecule has 2 aliphatic rings. The number of nitriles is 1. The second kappa shape index (κ2) is 9.79. The molecule has 8 nitrogen and oxygen atoms in total. The van der Waals surface area contributed by atoms with Crippen molar-refractivity contribution in [2.75, 3.05) is 45.9 Å². The van der Waals surface area contributed by atoms with E-state index in [1.807, 2.05) is 6.92 Å². The molecule has 2 aromatic rings. The van der Waals surface area contributed by atoms with Crippen LogP contribution in [0.1, 0.15) is 17.0 Å². The molecule has 3 atom stereocenters. The molecule has 0 spiro atoms. The van der Waals surface area contributed by atoms with Crippen LogP contribution in [0.5, 0.6) is 5.75 Å². The van der Waals surface area contributed by atoms with Gasteiger partial charge in [0.15, 0.2) is 0 Å². The summed E-state index contributed by atoms with van der Waals surface area (Å²) in [6, 6.07) is 11.1. The van der Waals surface area contributed by atoms with Gasteiger partial charge in [-0.2, -0.15) is 10.4 Å². The Kier molecular flexibility index (Phi) is 6.88. The monoisotopic (exact) mass is 425 g/mol. The number of morpholine rings is 2. The summed E-state index contributed by atoms with van der Waals surface area (Å²) < 4.78 is 13.9. The average molecular weight is 426 g/mol. The molecule has 1 N–H and O–H groups in total. The van der Waals surface area contributed by atoms with Crippen LogP contribution >= 0.6 is 0 Å². The number of aliphatic hydroxyl groups excluding tert-OH is 1. The van der Waals surface area contributed by atoms with Gasteiger partial charge in [-0.15, -0.1) is 0 Å². The number of nitrogens with zero attached hydrogens (tertiary/aromatic N) is 5. The van der Waals surface area contributed by atoms with Crippen molar-refractivity contribution in [2.24, 2.45) is 0 Å². The van der Waals surface area contributed by atoms with Crippen LogP contribution < -0.4 is 4.74 Å². The normalized spacial score (nSPS) is 22.8. The molecule has 2 aliphatic heterocycles. The minimum atomic E-state index is -0.573. The van der Waals surface area contributed by atoms with E-state index in [2.05, 4.69) is 38.6 Å². The number of aromatic nitrogens is 2. The molecule has 4 rings (SSSR count). The van der Waals surface area contributed by atoms with E-state index in [9.17, 15) is 5.11 Å². The Hall–Kier alpha value is -2.44. The first-order valence-electron chi connectivity index (χ1n) is 10.9. The minimum Gasteiger partial charge on any atom is -0.491 e. The van der Waals surface area contributed by atoms with Gasteiger partial charge < -0.3 is 14.6 Å². The van der Waals surface area contributed by atoms with Crippen molar-refractivity contribution in [1.82, 2.24) is 19.6 Å². The lowest BCUT2D eigenvalue weighted by Crippen LogP contribution is -2.60. The smallest absolute Gasteiger partial charge is 0.119 e. The number of fused-ring (bicyclic) bond motifs is 2. The van der Waals surface area contributed by atoms with E-state index in [0.29, 0.717) is 17.9 Å². The van der Waals surface area contributed by atoms with Crippen LogP contribution in [-0.2, 0) is 11.3 Å². The lowest BCUT2D eigenvalue weighted by Gasteiger charge is -2.46. The van der Waals surface area contributed by atoms with Crippen molar-refractivity contribution >= 4 is 0 Å². The number of aliphatic hydroxyl groups is 1. The number of hydrogen-bond acceptors (Lipinski definition) is 7. The summed E-state index contributed by atoms with van der Waals surface area (Å²) in [5.41, 5.74) is 2.86. The fourth-order valence-electron chi connectivity index (χ4n) is 4.50. The summed E-state index contributed by atoms with van der Waals surface area (Å²) in [7, 11) is 0. The summed E-state index contributed by atoms with van der Waals surface area (Å²) in [5.74, 6) is 0.662. The Bertz CT molecular complexity index is 893. The average Bonchev–Trinajstić information content (AvgIpc) is 3.07. The van der Waals surface area contributed by atoms with Gasteiger partial charge in [-0.05, 0) is 44.2 Å². The Morgan fingerprint density at radius 2 is 1.81 bits per heavy atom. The molecule has 2 saturated heterocycles. The van der Waals surface area contributed by atoms with Gasteiger partial charge >= 0.3 is 0 Å². The maximum Gasteiger partial charge on any atom is 0.119 e. The molecular formula is C23H31N5O3. The molecule has 3 heterocycles. The number of aryl methyl sites for hydroxylation is 2. The van der Waals surface area contributed by atoms with Crippen molar-refractivity contribution in [3.8, 4) is 11.8 Å². The quantitative estimate of drug-likeness (QED) is 0.680. The van der Waals surface area contributed by atoms with Crippen LogP contribution in [0.4, 0.5) is 0 Å². The first kappa shape index (κ1) is 21.8. The number of hydrogen-bond donors (Lipinski definition) is 1. The van der Waals surface area contributed by atoms with Crippen molar-refractivity contribution in [1.29, 1.82) is 5.26 Å². The fraction of sp³-hybridized carbons (Fsp3) is 0.565. The van der Waals surface area contributed by atoms with E-state index >= 15 is 0 Å². The molecule has 8 heteroatoms. The molecule has 166 valence electrons. The Morgan fingerprint density at radius 1 is 1.13 bits per heavy atom. The van der Waals surface area contributed by atoms with Gasteiger partial charge in [-0.25, -0.2) is 0 Å². The van der Waals surface area contributed by atoms with E-state index in [-0.39, 0.29) is 18.8 Å². The van der Waals surface area contributed by atoms with Gasteiger partial charge in [0.05, 0.1) is 36.1 Å². The highest BCUT2D eigenvalue weighted by molar-refractivity contribution is 5.34. The third-order valence-electron chi connectivity index (χ3n) is 5.86. The van der Waals surface area contributed by atoms with Gasteiger partial charge in [0.1, 0.15) is 18.5 Å². The van der Waals surface area contributed by atoms with Crippen LogP contribution in [0.2, 0.25) is 0 Å². The van der Waals surface area contributed by atoms with Gasteiger partial charge in [0, 0.05) is 45.0 Å². The summed E-state index contributed by atoms with van der Waals surface area (Å²) in [6.45, 7) is 10.2. The number of benzene rings is 1. The number of ether oxygens (including phenoxy) is 2. The molecule has 2 fully saturated rings. The standard InChI is InChI=1S/C23H31N5O3/c1-17-9-18(2)28(25-17)8-7-26-12-22-14-27(15-23(13-26)31-22)11-20(29)16-30-21-5-3-19(10-24)4-6-21/h3-6,9,20,22-23,29H,7-8,11-16H2,1-2H3. The van der Waals surface area contributed by atoms with Crippen molar-refractivity contribution < 1.29 is 14.6 Å². The van der Waals surface area contributed by atoms with Gasteiger partial charge in [-0.3, -0.25) is 14.5 Å². The van der Waals surface area contributed by atoms with Crippen LogP contribution in [0.15, 0.2) is 30.3 Å². The Balaban J connectivity index is 1.20. The third-order valence-corrected chi connectivity index (χ3v) is 5.86. The largest absolute Gasteiger partial charge is 0.491 e. The van der Waals surface area contributed by atoms with E-state index in [1.54, 1.807) is 24.3 Å². The van der Waals surface area contributed by atoms with E-state index in [4.69, 9.17) is 14.7 Å². The molecule has 0 aliphatic carbocycles. The van der Waals surface area contributed by atoms with E-state index < -0.39 is 6.10 Å². The number of rotatable bonds is 8. The van der Waals surface area contributed by atoms with Crippen molar-refractivity contribution in [2.45, 2.75) is 38.7 Å². The summed E-state index contributed by atoms with van der Waals surface area (Å²) in [5, 5.41) is 23.8. The molecule has 1 aromatic heterocycles. The van der Waals surface area contributed by atoms with Gasteiger partial charge in [-0.1, -0.05) is 0 Å². The van der Waals surface area contributed by atoms with Crippen LogP contribution in [0.3, 0.4) is 0 Å². The predicted octanol–water partition coefficient (Wildman–Crippen LogP) is 1.20. The number of β-amino-alcohol motifs (C(OH)–C–C–N with tert-alkyl or cyclic N) is 1. The Labute approximate surface area is 183 Å². The fourth-order valence-corrected chi connectivity index (χ4v) is 4.50. The molecule has 1 aromatic carbocycles. The lowest BCUT2D eigenvalue weighted by atomic mass is 10.1. The van der Waals surface area contributed by atoms with E-state index in [0.717, 1.165) is 45.0 Å². The summed E-state index contributed by atoms with van der Waals surface area (Å²) in [4.78, 5) is 4.75. The zero-order valence-corrected chi connectivity index (χ0v) is 18.3. The summed E-state index contributed by atoms with van der Waals surface area (Å²) in [6.07, 6.45) is -0.240. The topological polar surface area (TPSA) is 86.8 Å². The summed E-state index contributed by atoms with van der Waals surface area (Å²) >= 11 is 0. The maximum absolute atomic E-state index is 10.4. The molecule has 3 unspecified atom stereocenters. The zero-order valence-electron chi connectivity index (χ0n) is 18.3. The van der Waals surface area contributed by atoms with Crippen molar-refractivity contribution in [3.05, 3.63) is 47.3 Å². The zero-order chi connectivity index (χ0) is 21.8.